The molecule has 1 aromatic carbocycles. The van der Waals surface area contributed by atoms with Gasteiger partial charge in [-0.3, -0.25) is 9.88 Å². The van der Waals surface area contributed by atoms with Gasteiger partial charge in [0.1, 0.15) is 0 Å². The molecule has 0 saturated carbocycles. The van der Waals surface area contributed by atoms with E-state index in [0.717, 1.165) is 68.1 Å². The minimum absolute atomic E-state index is 0. The van der Waals surface area contributed by atoms with Crippen LogP contribution >= 0.6 is 24.0 Å². The first-order valence-corrected chi connectivity index (χ1v) is 10.3. The molecule has 4 rings (SSSR count). The van der Waals surface area contributed by atoms with E-state index in [0.29, 0.717) is 13.3 Å². The van der Waals surface area contributed by atoms with Gasteiger partial charge in [0.25, 0.3) is 0 Å². The average molecular weight is 523 g/mol. The van der Waals surface area contributed by atoms with E-state index in [1.54, 1.807) is 0 Å². The summed E-state index contributed by atoms with van der Waals surface area (Å²) in [5.74, 6) is 2.67. The molecule has 0 spiro atoms. The predicted octanol–water partition coefficient (Wildman–Crippen LogP) is 3.02. The number of hydrogen-bond acceptors (Lipinski definition) is 5. The number of fused-ring (bicyclic) bond motifs is 1. The number of hydrogen-bond donors (Lipinski definition) is 1. The maximum atomic E-state index is 5.50. The summed E-state index contributed by atoms with van der Waals surface area (Å²) in [5.41, 5.74) is 3.29. The molecule has 2 aliphatic rings. The Morgan fingerprint density at radius 3 is 2.67 bits per heavy atom. The number of nitrogens with one attached hydrogen (secondary N) is 1. The molecule has 0 unspecified atom stereocenters. The molecule has 162 valence electrons. The highest BCUT2D eigenvalue weighted by Crippen LogP contribution is 2.32. The molecule has 0 bridgehead atoms. The van der Waals surface area contributed by atoms with Crippen molar-refractivity contribution in [1.29, 1.82) is 0 Å². The number of aromatic nitrogens is 1. The molecule has 0 radical (unpaired) electrons. The van der Waals surface area contributed by atoms with E-state index in [-0.39, 0.29) is 24.0 Å². The Balaban J connectivity index is 0.00000256. The molecule has 0 amide bonds. The molecular formula is C22H30IN5O2. The van der Waals surface area contributed by atoms with Crippen molar-refractivity contribution in [3.63, 3.8) is 0 Å². The largest absolute Gasteiger partial charge is 0.454 e. The zero-order chi connectivity index (χ0) is 20.1. The van der Waals surface area contributed by atoms with Crippen LogP contribution in [-0.2, 0) is 13.1 Å². The second-order valence-corrected chi connectivity index (χ2v) is 7.39. The van der Waals surface area contributed by atoms with Gasteiger partial charge in [-0.25, -0.2) is 4.99 Å². The van der Waals surface area contributed by atoms with Crippen LogP contribution in [0.3, 0.4) is 0 Å². The lowest BCUT2D eigenvalue weighted by Gasteiger charge is -2.36. The van der Waals surface area contributed by atoms with Crippen LogP contribution in [0.5, 0.6) is 11.5 Å². The van der Waals surface area contributed by atoms with Gasteiger partial charge in [-0.2, -0.15) is 0 Å². The van der Waals surface area contributed by atoms with Gasteiger partial charge in [0.05, 0.1) is 12.2 Å². The molecule has 3 heterocycles. The Morgan fingerprint density at radius 1 is 1.10 bits per heavy atom. The van der Waals surface area contributed by atoms with E-state index < -0.39 is 0 Å². The van der Waals surface area contributed by atoms with Crippen LogP contribution in [0.15, 0.2) is 41.4 Å². The van der Waals surface area contributed by atoms with Crippen molar-refractivity contribution in [2.45, 2.75) is 26.9 Å². The summed E-state index contributed by atoms with van der Waals surface area (Å²) in [4.78, 5) is 14.2. The molecule has 1 aromatic heterocycles. The number of aliphatic imine (C=N–C) groups is 1. The quantitative estimate of drug-likeness (QED) is 0.370. The summed E-state index contributed by atoms with van der Waals surface area (Å²) >= 11 is 0. The molecule has 0 atom stereocenters. The highest BCUT2D eigenvalue weighted by Gasteiger charge is 2.21. The zero-order valence-electron chi connectivity index (χ0n) is 17.6. The third kappa shape index (κ3) is 5.75. The maximum Gasteiger partial charge on any atom is 0.231 e. The van der Waals surface area contributed by atoms with Crippen LogP contribution in [0.2, 0.25) is 0 Å². The van der Waals surface area contributed by atoms with Crippen LogP contribution < -0.4 is 14.8 Å². The summed E-state index contributed by atoms with van der Waals surface area (Å²) in [5, 5.41) is 3.43. The fourth-order valence-corrected chi connectivity index (χ4v) is 3.68. The van der Waals surface area contributed by atoms with E-state index in [2.05, 4.69) is 39.2 Å². The van der Waals surface area contributed by atoms with E-state index in [4.69, 9.17) is 14.5 Å². The molecule has 1 saturated heterocycles. The van der Waals surface area contributed by atoms with Crippen LogP contribution in [-0.4, -0.2) is 60.3 Å². The van der Waals surface area contributed by atoms with Gasteiger partial charge in [-0.05, 0) is 43.7 Å². The SMILES string of the molecule is CCNC(=NCc1cccc(C)n1)N1CCN(Cc2ccc3c(c2)OCO3)CC1.I. The fraction of sp³-hybridized carbons (Fsp3) is 0.455. The lowest BCUT2D eigenvalue weighted by atomic mass is 10.1. The van der Waals surface area contributed by atoms with Crippen molar-refractivity contribution in [2.75, 3.05) is 39.5 Å². The first-order chi connectivity index (χ1) is 14.2. The second kappa shape index (κ2) is 10.8. The minimum Gasteiger partial charge on any atom is -0.454 e. The number of pyridine rings is 1. The van der Waals surface area contributed by atoms with Crippen LogP contribution in [0, 0.1) is 6.92 Å². The molecule has 2 aromatic rings. The summed E-state index contributed by atoms with van der Waals surface area (Å²) in [6.45, 7) is 10.7. The lowest BCUT2D eigenvalue weighted by Crippen LogP contribution is -2.52. The number of guanidine groups is 1. The number of rotatable bonds is 5. The summed E-state index contributed by atoms with van der Waals surface area (Å²) < 4.78 is 10.9. The van der Waals surface area contributed by atoms with Crippen molar-refractivity contribution < 1.29 is 9.47 Å². The van der Waals surface area contributed by atoms with Crippen LogP contribution in [0.25, 0.3) is 0 Å². The average Bonchev–Trinajstić information content (AvgIpc) is 3.20. The second-order valence-electron chi connectivity index (χ2n) is 7.39. The minimum atomic E-state index is 0. The van der Waals surface area contributed by atoms with Gasteiger partial charge in [0.15, 0.2) is 17.5 Å². The van der Waals surface area contributed by atoms with Crippen molar-refractivity contribution >= 4 is 29.9 Å². The lowest BCUT2D eigenvalue weighted by molar-refractivity contribution is 0.171. The van der Waals surface area contributed by atoms with Gasteiger partial charge >= 0.3 is 0 Å². The van der Waals surface area contributed by atoms with Crippen molar-refractivity contribution in [2.24, 2.45) is 4.99 Å². The Kier molecular flexibility index (Phi) is 8.15. The Bertz CT molecular complexity index is 868. The molecule has 1 N–H and O–H groups in total. The maximum absolute atomic E-state index is 5.50. The number of halogens is 1. The van der Waals surface area contributed by atoms with Crippen molar-refractivity contribution in [1.82, 2.24) is 20.1 Å². The molecule has 8 heteroatoms. The Labute approximate surface area is 195 Å². The summed E-state index contributed by atoms with van der Waals surface area (Å²) in [6.07, 6.45) is 0. The van der Waals surface area contributed by atoms with Gasteiger partial charge in [-0.1, -0.05) is 12.1 Å². The summed E-state index contributed by atoms with van der Waals surface area (Å²) in [6, 6.07) is 12.3. The van der Waals surface area contributed by atoms with Crippen molar-refractivity contribution in [3.8, 4) is 11.5 Å². The fourth-order valence-electron chi connectivity index (χ4n) is 3.68. The molecule has 30 heavy (non-hydrogen) atoms. The number of ether oxygens (including phenoxy) is 2. The van der Waals surface area contributed by atoms with E-state index in [1.165, 1.54) is 5.56 Å². The van der Waals surface area contributed by atoms with E-state index in [9.17, 15) is 0 Å². The third-order valence-corrected chi connectivity index (χ3v) is 5.19. The van der Waals surface area contributed by atoms with Crippen molar-refractivity contribution in [3.05, 3.63) is 53.3 Å². The van der Waals surface area contributed by atoms with Crippen LogP contribution in [0.1, 0.15) is 23.9 Å². The normalized spacial score (nSPS) is 16.3. The zero-order valence-corrected chi connectivity index (χ0v) is 20.0. The van der Waals surface area contributed by atoms with Gasteiger partial charge in [0, 0.05) is 45.0 Å². The van der Waals surface area contributed by atoms with Gasteiger partial charge in [0.2, 0.25) is 6.79 Å². The van der Waals surface area contributed by atoms with E-state index in [1.807, 2.05) is 31.2 Å². The molecule has 0 aliphatic carbocycles. The number of benzene rings is 1. The monoisotopic (exact) mass is 523 g/mol. The summed E-state index contributed by atoms with van der Waals surface area (Å²) in [7, 11) is 0. The predicted molar refractivity (Wildman–Crippen MR) is 129 cm³/mol. The highest BCUT2D eigenvalue weighted by atomic mass is 127. The first-order valence-electron chi connectivity index (χ1n) is 10.3. The molecule has 7 nitrogen and oxygen atoms in total. The standard InChI is InChI=1S/C22H29N5O2.HI/c1-3-23-22(24-14-19-6-4-5-17(2)25-19)27-11-9-26(10-12-27)15-18-7-8-20-21(13-18)29-16-28-20;/h4-8,13H,3,9-12,14-16H2,1-2H3,(H,23,24);1H. The van der Waals surface area contributed by atoms with Gasteiger partial charge in [-0.15, -0.1) is 24.0 Å². The highest BCUT2D eigenvalue weighted by molar-refractivity contribution is 14.0. The number of aryl methyl sites for hydroxylation is 1. The first kappa shape index (κ1) is 22.6. The van der Waals surface area contributed by atoms with E-state index >= 15 is 0 Å². The smallest absolute Gasteiger partial charge is 0.231 e. The van der Waals surface area contributed by atoms with Crippen LogP contribution in [0.4, 0.5) is 0 Å². The molecular weight excluding hydrogens is 493 g/mol. The van der Waals surface area contributed by atoms with Gasteiger partial charge < -0.3 is 19.7 Å². The third-order valence-electron chi connectivity index (χ3n) is 5.19. The molecule has 1 fully saturated rings. The molecule has 2 aliphatic heterocycles. The Morgan fingerprint density at radius 2 is 1.90 bits per heavy atom. The Hall–Kier alpha value is -2.07. The number of nitrogens with zero attached hydrogens (tertiary/aromatic N) is 4. The topological polar surface area (TPSA) is 62.2 Å². The number of piperazine rings is 1.